The molecule has 7 rings (SSSR count). The molecule has 0 aliphatic rings. The van der Waals surface area contributed by atoms with Crippen LogP contribution < -0.4 is 0 Å². The third kappa shape index (κ3) is 1.85. The number of oxazole rings is 1. The van der Waals surface area contributed by atoms with Crippen molar-refractivity contribution >= 4 is 49.8 Å². The van der Waals surface area contributed by atoms with Crippen molar-refractivity contribution in [2.24, 2.45) is 0 Å². The zero-order valence-corrected chi connectivity index (χ0v) is 15.4. The number of imidazole rings is 1. The second-order valence-electron chi connectivity index (χ2n) is 7.32. The first-order valence-corrected chi connectivity index (χ1v) is 9.67. The van der Waals surface area contributed by atoms with Gasteiger partial charge in [-0.15, -0.1) is 0 Å². The van der Waals surface area contributed by atoms with Gasteiger partial charge in [0.2, 0.25) is 0 Å². The Morgan fingerprint density at radius 2 is 1.38 bits per heavy atom. The Morgan fingerprint density at radius 1 is 0.621 bits per heavy atom. The molecule has 0 aliphatic carbocycles. The molecule has 0 N–H and O–H groups in total. The lowest BCUT2D eigenvalue weighted by atomic mass is 10.1. The molecule has 0 radical (unpaired) electrons. The lowest BCUT2D eigenvalue weighted by molar-refractivity contribution is 0.643. The second kappa shape index (κ2) is 5.26. The molecule has 0 aliphatic heterocycles. The van der Waals surface area contributed by atoms with Gasteiger partial charge in [0, 0.05) is 16.5 Å². The first-order valence-electron chi connectivity index (χ1n) is 9.67. The molecule has 29 heavy (non-hydrogen) atoms. The van der Waals surface area contributed by atoms with Crippen LogP contribution in [0.25, 0.3) is 55.5 Å². The number of benzene rings is 4. The molecule has 0 amide bonds. The molecule has 3 heterocycles. The van der Waals surface area contributed by atoms with Crippen molar-refractivity contribution < 1.29 is 4.42 Å². The van der Waals surface area contributed by atoms with E-state index in [1.807, 2.05) is 24.3 Å². The van der Waals surface area contributed by atoms with Crippen molar-refractivity contribution in [3.8, 4) is 5.69 Å². The smallest absolute Gasteiger partial charge is 0.307 e. The summed E-state index contributed by atoms with van der Waals surface area (Å²) in [5.74, 6) is 0.624. The van der Waals surface area contributed by atoms with E-state index in [2.05, 4.69) is 75.7 Å². The molecule has 0 atom stereocenters. The SMILES string of the molecule is c1ccc(-n2c3ccccc3c3ccc4c(nc5oc6ccccc6n54)c32)cc1. The lowest BCUT2D eigenvalue weighted by Crippen LogP contribution is -1.93. The number of fused-ring (bicyclic) bond motifs is 9. The van der Waals surface area contributed by atoms with Gasteiger partial charge in [0.1, 0.15) is 5.52 Å². The molecular weight excluding hydrogens is 358 g/mol. The van der Waals surface area contributed by atoms with E-state index in [-0.39, 0.29) is 0 Å². The third-order valence-electron chi connectivity index (χ3n) is 5.75. The zero-order chi connectivity index (χ0) is 18.9. The van der Waals surface area contributed by atoms with E-state index >= 15 is 0 Å². The van der Waals surface area contributed by atoms with E-state index in [0.29, 0.717) is 5.84 Å². The largest absolute Gasteiger partial charge is 0.423 e. The Hall–Kier alpha value is -4.05. The summed E-state index contributed by atoms with van der Waals surface area (Å²) in [4.78, 5) is 4.94. The number of para-hydroxylation sites is 4. The molecule has 0 spiro atoms. The van der Waals surface area contributed by atoms with Crippen molar-refractivity contribution in [2.45, 2.75) is 0 Å². The summed E-state index contributed by atoms with van der Waals surface area (Å²) in [6.07, 6.45) is 0. The summed E-state index contributed by atoms with van der Waals surface area (Å²) in [5, 5.41) is 2.42. The van der Waals surface area contributed by atoms with Crippen LogP contribution in [0.5, 0.6) is 0 Å². The average molecular weight is 373 g/mol. The topological polar surface area (TPSA) is 35.4 Å². The van der Waals surface area contributed by atoms with Crippen LogP contribution in [0.2, 0.25) is 0 Å². The normalized spacial score (nSPS) is 12.1. The highest BCUT2D eigenvalue weighted by atomic mass is 16.4. The average Bonchev–Trinajstić information content (AvgIpc) is 3.41. The number of hydrogen-bond acceptors (Lipinski definition) is 2. The van der Waals surface area contributed by atoms with Crippen LogP contribution in [0, 0.1) is 0 Å². The van der Waals surface area contributed by atoms with Gasteiger partial charge in [-0.1, -0.05) is 48.5 Å². The van der Waals surface area contributed by atoms with Gasteiger partial charge in [-0.25, -0.2) is 0 Å². The summed E-state index contributed by atoms with van der Waals surface area (Å²) in [7, 11) is 0. The Balaban J connectivity index is 1.75. The quantitative estimate of drug-likeness (QED) is 0.337. The number of nitrogens with zero attached hydrogens (tertiary/aromatic N) is 3. The molecule has 0 bridgehead atoms. The maximum absolute atomic E-state index is 6.05. The van der Waals surface area contributed by atoms with Crippen LogP contribution >= 0.6 is 0 Å². The molecule has 3 aromatic heterocycles. The van der Waals surface area contributed by atoms with Gasteiger partial charge in [-0.2, -0.15) is 4.98 Å². The predicted molar refractivity (Wildman–Crippen MR) is 117 cm³/mol. The molecule has 4 heteroatoms. The fourth-order valence-electron chi connectivity index (χ4n) is 4.54. The highest BCUT2D eigenvalue weighted by Gasteiger charge is 2.20. The molecule has 7 aromatic rings. The van der Waals surface area contributed by atoms with Gasteiger partial charge in [-0.05, 0) is 42.5 Å². The molecule has 136 valence electrons. The zero-order valence-electron chi connectivity index (χ0n) is 15.4. The third-order valence-corrected chi connectivity index (χ3v) is 5.75. The van der Waals surface area contributed by atoms with E-state index in [1.54, 1.807) is 0 Å². The maximum atomic E-state index is 6.05. The summed E-state index contributed by atoms with van der Waals surface area (Å²) >= 11 is 0. The maximum Gasteiger partial charge on any atom is 0.307 e. The van der Waals surface area contributed by atoms with Crippen molar-refractivity contribution in [3.63, 3.8) is 0 Å². The van der Waals surface area contributed by atoms with Crippen molar-refractivity contribution in [1.29, 1.82) is 0 Å². The van der Waals surface area contributed by atoms with Crippen molar-refractivity contribution in [1.82, 2.24) is 14.0 Å². The van der Waals surface area contributed by atoms with Crippen LogP contribution in [0.15, 0.2) is 95.4 Å². The monoisotopic (exact) mass is 373 g/mol. The summed E-state index contributed by atoms with van der Waals surface area (Å²) in [6.45, 7) is 0. The Labute approximate surface area is 165 Å². The van der Waals surface area contributed by atoms with Gasteiger partial charge in [-0.3, -0.25) is 4.40 Å². The fourth-order valence-corrected chi connectivity index (χ4v) is 4.54. The Morgan fingerprint density at radius 3 is 2.28 bits per heavy atom. The van der Waals surface area contributed by atoms with Crippen LogP contribution in [-0.4, -0.2) is 14.0 Å². The highest BCUT2D eigenvalue weighted by molar-refractivity contribution is 6.17. The van der Waals surface area contributed by atoms with Crippen molar-refractivity contribution in [2.75, 3.05) is 0 Å². The molecular formula is C25H15N3O. The minimum absolute atomic E-state index is 0.624. The molecule has 0 saturated heterocycles. The number of hydrogen-bond donors (Lipinski definition) is 0. The predicted octanol–water partition coefficient (Wildman–Crippen LogP) is 6.33. The lowest BCUT2D eigenvalue weighted by Gasteiger charge is -2.07. The summed E-state index contributed by atoms with van der Waals surface area (Å²) < 4.78 is 10.5. The van der Waals surface area contributed by atoms with Gasteiger partial charge in [0.05, 0.1) is 22.1 Å². The Kier molecular flexibility index (Phi) is 2.71. The molecule has 0 saturated carbocycles. The molecule has 4 nitrogen and oxygen atoms in total. The number of rotatable bonds is 1. The molecule has 0 fully saturated rings. The van der Waals surface area contributed by atoms with Crippen LogP contribution in [-0.2, 0) is 0 Å². The van der Waals surface area contributed by atoms with E-state index < -0.39 is 0 Å². The van der Waals surface area contributed by atoms with Gasteiger partial charge in [0.25, 0.3) is 0 Å². The van der Waals surface area contributed by atoms with E-state index in [9.17, 15) is 0 Å². The molecule has 4 aromatic carbocycles. The first-order chi connectivity index (χ1) is 14.4. The highest BCUT2D eigenvalue weighted by Crippen LogP contribution is 2.37. The van der Waals surface area contributed by atoms with Gasteiger partial charge >= 0.3 is 5.84 Å². The van der Waals surface area contributed by atoms with Gasteiger partial charge in [0.15, 0.2) is 5.58 Å². The number of aromatic nitrogens is 3. The molecule has 0 unspecified atom stereocenters. The van der Waals surface area contributed by atoms with E-state index in [4.69, 9.17) is 9.40 Å². The minimum Gasteiger partial charge on any atom is -0.423 e. The van der Waals surface area contributed by atoms with Gasteiger partial charge < -0.3 is 8.98 Å². The summed E-state index contributed by atoms with van der Waals surface area (Å²) in [5.41, 5.74) is 7.30. The van der Waals surface area contributed by atoms with E-state index in [1.165, 1.54) is 16.3 Å². The Bertz CT molecular complexity index is 1700. The second-order valence-corrected chi connectivity index (χ2v) is 7.32. The fraction of sp³-hybridized carbons (Fsp3) is 0. The minimum atomic E-state index is 0.624. The van der Waals surface area contributed by atoms with Crippen LogP contribution in [0.1, 0.15) is 0 Å². The van der Waals surface area contributed by atoms with Crippen molar-refractivity contribution in [3.05, 3.63) is 91.0 Å². The summed E-state index contributed by atoms with van der Waals surface area (Å²) in [6, 6.07) is 31.4. The standard InChI is InChI=1S/C25H15N3O/c1-2-8-16(9-3-1)27-19-11-5-4-10-17(19)18-14-15-21-23(24(18)27)26-25-28(21)20-12-6-7-13-22(20)29-25/h1-15H. The van der Waals surface area contributed by atoms with Crippen LogP contribution in [0.3, 0.4) is 0 Å². The van der Waals surface area contributed by atoms with Crippen LogP contribution in [0.4, 0.5) is 0 Å². The van der Waals surface area contributed by atoms with E-state index in [0.717, 1.165) is 33.3 Å². The first kappa shape index (κ1) is 14.9.